The van der Waals surface area contributed by atoms with Gasteiger partial charge in [-0.3, -0.25) is 4.79 Å². The molecule has 0 unspecified atom stereocenters. The van der Waals surface area contributed by atoms with Crippen molar-refractivity contribution in [3.63, 3.8) is 0 Å². The van der Waals surface area contributed by atoms with Gasteiger partial charge in [-0.25, -0.2) is 9.07 Å². The first-order chi connectivity index (χ1) is 12.5. The Morgan fingerprint density at radius 2 is 2.00 bits per heavy atom. The van der Waals surface area contributed by atoms with Crippen LogP contribution < -0.4 is 5.32 Å². The van der Waals surface area contributed by atoms with Crippen molar-refractivity contribution in [2.75, 3.05) is 26.2 Å². The Morgan fingerprint density at radius 1 is 1.27 bits per heavy atom. The number of piperidine rings is 1. The largest absolute Gasteiger partial charge is 0.339 e. The first-order valence-electron chi connectivity index (χ1n) is 9.32. The van der Waals surface area contributed by atoms with Crippen LogP contribution in [-0.4, -0.2) is 46.8 Å². The number of halogens is 1. The van der Waals surface area contributed by atoms with Crippen molar-refractivity contribution in [2.45, 2.75) is 33.6 Å². The number of nitrogens with one attached hydrogen (secondary N) is 1. The predicted octanol–water partition coefficient (Wildman–Crippen LogP) is 3.09. The van der Waals surface area contributed by atoms with Crippen LogP contribution in [0.5, 0.6) is 0 Å². The summed E-state index contributed by atoms with van der Waals surface area (Å²) in [5.41, 5.74) is 2.47. The number of amides is 1. The Balaban J connectivity index is 1.69. The number of aryl methyl sites for hydroxylation is 2. The van der Waals surface area contributed by atoms with Gasteiger partial charge in [0, 0.05) is 24.3 Å². The van der Waals surface area contributed by atoms with Crippen LogP contribution in [0.1, 0.15) is 41.5 Å². The van der Waals surface area contributed by atoms with Crippen molar-refractivity contribution >= 4 is 5.91 Å². The van der Waals surface area contributed by atoms with E-state index in [1.807, 2.05) is 24.8 Å². The Morgan fingerprint density at radius 3 is 2.58 bits per heavy atom. The molecule has 2 heterocycles. The number of benzene rings is 1. The van der Waals surface area contributed by atoms with E-state index in [0.717, 1.165) is 50.4 Å². The van der Waals surface area contributed by atoms with Gasteiger partial charge >= 0.3 is 0 Å². The SMILES string of the molecule is CCNCC1CCN(C(=O)c2ccc(-n3nc(C)cc3C)c(F)c2)CC1. The number of hydrogen-bond donors (Lipinski definition) is 1. The Bertz CT molecular complexity index is 778. The summed E-state index contributed by atoms with van der Waals surface area (Å²) in [6, 6.07) is 6.57. The lowest BCUT2D eigenvalue weighted by Gasteiger charge is -2.32. The highest BCUT2D eigenvalue weighted by molar-refractivity contribution is 5.94. The first kappa shape index (κ1) is 18.6. The summed E-state index contributed by atoms with van der Waals surface area (Å²) in [7, 11) is 0. The number of likely N-dealkylation sites (tertiary alicyclic amines) is 1. The van der Waals surface area contributed by atoms with Gasteiger partial charge in [0.2, 0.25) is 0 Å². The molecular weight excluding hydrogens is 331 g/mol. The fraction of sp³-hybridized carbons (Fsp3) is 0.500. The molecule has 1 N–H and O–H groups in total. The van der Waals surface area contributed by atoms with Crippen molar-refractivity contribution in [3.05, 3.63) is 47.0 Å². The molecule has 0 radical (unpaired) electrons. The van der Waals surface area contributed by atoms with Gasteiger partial charge in [-0.1, -0.05) is 6.92 Å². The second-order valence-corrected chi connectivity index (χ2v) is 7.05. The monoisotopic (exact) mass is 358 g/mol. The topological polar surface area (TPSA) is 50.2 Å². The molecule has 140 valence electrons. The van der Waals surface area contributed by atoms with Crippen LogP contribution in [-0.2, 0) is 0 Å². The first-order valence-corrected chi connectivity index (χ1v) is 9.32. The maximum absolute atomic E-state index is 14.6. The molecule has 1 aliphatic heterocycles. The number of aromatic nitrogens is 2. The van der Waals surface area contributed by atoms with Gasteiger partial charge in [0.05, 0.1) is 5.69 Å². The van der Waals surface area contributed by atoms with Crippen molar-refractivity contribution in [3.8, 4) is 5.69 Å². The van der Waals surface area contributed by atoms with E-state index in [1.165, 1.54) is 6.07 Å². The second-order valence-electron chi connectivity index (χ2n) is 7.05. The summed E-state index contributed by atoms with van der Waals surface area (Å²) in [5.74, 6) is 0.0962. The zero-order valence-electron chi connectivity index (χ0n) is 15.8. The van der Waals surface area contributed by atoms with E-state index in [2.05, 4.69) is 17.3 Å². The summed E-state index contributed by atoms with van der Waals surface area (Å²) < 4.78 is 16.2. The highest BCUT2D eigenvalue weighted by atomic mass is 19.1. The molecule has 6 heteroatoms. The molecular formula is C20H27FN4O. The van der Waals surface area contributed by atoms with Crippen molar-refractivity contribution in [1.29, 1.82) is 0 Å². The van der Waals surface area contributed by atoms with Gasteiger partial charge in [0.1, 0.15) is 11.5 Å². The minimum atomic E-state index is -0.427. The summed E-state index contributed by atoms with van der Waals surface area (Å²) in [6.45, 7) is 9.30. The maximum Gasteiger partial charge on any atom is 0.253 e. The molecule has 5 nitrogen and oxygen atoms in total. The Labute approximate surface area is 154 Å². The standard InChI is InChI=1S/C20H27FN4O/c1-4-22-13-16-7-9-24(10-8-16)20(26)17-5-6-19(18(21)12-17)25-15(3)11-14(2)23-25/h5-6,11-12,16,22H,4,7-10,13H2,1-3H3. The fourth-order valence-electron chi connectivity index (χ4n) is 3.56. The lowest BCUT2D eigenvalue weighted by molar-refractivity contribution is 0.0690. The molecule has 1 saturated heterocycles. The van der Waals surface area contributed by atoms with E-state index >= 15 is 0 Å². The van der Waals surface area contributed by atoms with Gasteiger partial charge in [0.15, 0.2) is 0 Å². The van der Waals surface area contributed by atoms with Crippen LogP contribution in [0.4, 0.5) is 4.39 Å². The van der Waals surface area contributed by atoms with Crippen molar-refractivity contribution in [1.82, 2.24) is 20.0 Å². The highest BCUT2D eigenvalue weighted by Gasteiger charge is 2.24. The third kappa shape index (κ3) is 3.96. The molecule has 0 aliphatic carbocycles. The van der Waals surface area contributed by atoms with Gasteiger partial charge in [-0.05, 0) is 70.0 Å². The summed E-state index contributed by atoms with van der Waals surface area (Å²) in [4.78, 5) is 14.5. The molecule has 0 saturated carbocycles. The zero-order chi connectivity index (χ0) is 18.7. The van der Waals surface area contributed by atoms with Crippen molar-refractivity contribution < 1.29 is 9.18 Å². The average Bonchev–Trinajstić information content (AvgIpc) is 2.97. The molecule has 0 bridgehead atoms. The predicted molar refractivity (Wildman–Crippen MR) is 100 cm³/mol. The van der Waals surface area contributed by atoms with Crippen LogP contribution >= 0.6 is 0 Å². The number of rotatable bonds is 5. The number of hydrogen-bond acceptors (Lipinski definition) is 3. The Kier molecular flexibility index (Phi) is 5.71. The van der Waals surface area contributed by atoms with Crippen LogP contribution in [0.2, 0.25) is 0 Å². The number of carbonyl (C=O) groups is 1. The molecule has 1 aliphatic rings. The van der Waals surface area contributed by atoms with E-state index < -0.39 is 5.82 Å². The quantitative estimate of drug-likeness (QED) is 0.894. The van der Waals surface area contributed by atoms with E-state index in [9.17, 15) is 9.18 Å². The highest BCUT2D eigenvalue weighted by Crippen LogP contribution is 2.21. The van der Waals surface area contributed by atoms with Crippen molar-refractivity contribution in [2.24, 2.45) is 5.92 Å². The number of carbonyl (C=O) groups excluding carboxylic acids is 1. The second kappa shape index (κ2) is 7.99. The van der Waals surface area contributed by atoms with Gasteiger partial charge < -0.3 is 10.2 Å². The molecule has 0 spiro atoms. The van der Waals surface area contributed by atoms with E-state index in [-0.39, 0.29) is 5.91 Å². The van der Waals surface area contributed by atoms with Crippen LogP contribution in [0.15, 0.2) is 24.3 Å². The molecule has 2 aromatic rings. The van der Waals surface area contributed by atoms with Crippen LogP contribution in [0, 0.1) is 25.6 Å². The third-order valence-corrected chi connectivity index (χ3v) is 5.02. The smallest absolute Gasteiger partial charge is 0.253 e. The average molecular weight is 358 g/mol. The molecule has 3 rings (SSSR count). The Hall–Kier alpha value is -2.21. The molecule has 1 fully saturated rings. The normalized spacial score (nSPS) is 15.5. The lowest BCUT2D eigenvalue weighted by atomic mass is 9.96. The molecule has 26 heavy (non-hydrogen) atoms. The van der Waals surface area contributed by atoms with Gasteiger partial charge in [-0.15, -0.1) is 0 Å². The maximum atomic E-state index is 14.6. The lowest BCUT2D eigenvalue weighted by Crippen LogP contribution is -2.40. The number of nitrogens with zero attached hydrogens (tertiary/aromatic N) is 3. The zero-order valence-corrected chi connectivity index (χ0v) is 15.8. The fourth-order valence-corrected chi connectivity index (χ4v) is 3.56. The van der Waals surface area contributed by atoms with Crippen LogP contribution in [0.3, 0.4) is 0 Å². The molecule has 1 amide bonds. The van der Waals surface area contributed by atoms with Gasteiger partial charge in [0.25, 0.3) is 5.91 Å². The molecule has 0 atom stereocenters. The minimum Gasteiger partial charge on any atom is -0.339 e. The summed E-state index contributed by atoms with van der Waals surface area (Å²) >= 11 is 0. The van der Waals surface area contributed by atoms with Gasteiger partial charge in [-0.2, -0.15) is 5.10 Å². The van der Waals surface area contributed by atoms with E-state index in [4.69, 9.17) is 0 Å². The molecule has 1 aromatic carbocycles. The third-order valence-electron chi connectivity index (χ3n) is 5.02. The van der Waals surface area contributed by atoms with Crippen LogP contribution in [0.25, 0.3) is 5.69 Å². The summed E-state index contributed by atoms with van der Waals surface area (Å²) in [5, 5.41) is 7.68. The minimum absolute atomic E-state index is 0.0919. The van der Waals surface area contributed by atoms with E-state index in [1.54, 1.807) is 16.8 Å². The van der Waals surface area contributed by atoms with E-state index in [0.29, 0.717) is 17.2 Å². The summed E-state index contributed by atoms with van der Waals surface area (Å²) in [6.07, 6.45) is 1.98. The molecule has 1 aromatic heterocycles.